The average Bonchev–Trinajstić information content (AvgIpc) is 3.32. The first-order valence-corrected chi connectivity index (χ1v) is 11.6. The number of carbonyl (C=O) groups excluding carboxylic acids is 2. The van der Waals surface area contributed by atoms with Crippen LogP contribution >= 0.6 is 38.9 Å². The lowest BCUT2D eigenvalue weighted by Crippen LogP contribution is -2.29. The molecule has 4 aromatic rings. The van der Waals surface area contributed by atoms with Crippen molar-refractivity contribution in [2.45, 2.75) is 6.04 Å². The molecule has 5 rings (SSSR count). The van der Waals surface area contributed by atoms with Gasteiger partial charge in [0, 0.05) is 15.1 Å². The zero-order chi connectivity index (χ0) is 22.4. The highest BCUT2D eigenvalue weighted by molar-refractivity contribution is 9.10. The van der Waals surface area contributed by atoms with Gasteiger partial charge in [0.05, 0.1) is 21.8 Å². The van der Waals surface area contributed by atoms with Gasteiger partial charge in [0.2, 0.25) is 0 Å². The van der Waals surface area contributed by atoms with E-state index in [9.17, 15) is 14.7 Å². The lowest BCUT2D eigenvalue weighted by molar-refractivity contribution is -0.132. The highest BCUT2D eigenvalue weighted by Gasteiger charge is 2.48. The molecular formula is C24H14BrClN2O3S. The number of carbonyl (C=O) groups is 2. The number of hydrogen-bond donors (Lipinski definition) is 1. The number of halogens is 2. The predicted molar refractivity (Wildman–Crippen MR) is 130 cm³/mol. The largest absolute Gasteiger partial charge is 0.507 e. The summed E-state index contributed by atoms with van der Waals surface area (Å²) in [6, 6.07) is 20.5. The molecule has 1 atom stereocenters. The summed E-state index contributed by atoms with van der Waals surface area (Å²) in [6.07, 6.45) is 0. The Balaban J connectivity index is 1.73. The van der Waals surface area contributed by atoms with E-state index in [1.165, 1.54) is 16.2 Å². The Morgan fingerprint density at radius 2 is 1.75 bits per heavy atom. The summed E-state index contributed by atoms with van der Waals surface area (Å²) in [5.74, 6) is -1.71. The van der Waals surface area contributed by atoms with Crippen LogP contribution in [-0.2, 0) is 9.59 Å². The number of thiazole rings is 1. The van der Waals surface area contributed by atoms with Crippen LogP contribution < -0.4 is 4.90 Å². The molecule has 1 aliphatic heterocycles. The monoisotopic (exact) mass is 524 g/mol. The van der Waals surface area contributed by atoms with Crippen molar-refractivity contribution >= 4 is 71.7 Å². The first kappa shape index (κ1) is 20.9. The predicted octanol–water partition coefficient (Wildman–Crippen LogP) is 6.34. The van der Waals surface area contributed by atoms with Crippen molar-refractivity contribution in [2.75, 3.05) is 4.90 Å². The molecule has 1 N–H and O–H groups in total. The van der Waals surface area contributed by atoms with E-state index in [1.54, 1.807) is 42.5 Å². The number of anilines is 1. The fourth-order valence-corrected chi connectivity index (χ4v) is 5.26. The van der Waals surface area contributed by atoms with Crippen LogP contribution in [0.1, 0.15) is 17.2 Å². The van der Waals surface area contributed by atoms with E-state index in [0.717, 1.165) is 9.17 Å². The van der Waals surface area contributed by atoms with Gasteiger partial charge in [0.1, 0.15) is 5.76 Å². The Morgan fingerprint density at radius 1 is 1.03 bits per heavy atom. The lowest BCUT2D eigenvalue weighted by atomic mass is 9.95. The second-order valence-electron chi connectivity index (χ2n) is 7.20. The lowest BCUT2D eigenvalue weighted by Gasteiger charge is -2.23. The number of fused-ring (bicyclic) bond motifs is 1. The summed E-state index contributed by atoms with van der Waals surface area (Å²) < 4.78 is 1.66. The topological polar surface area (TPSA) is 70.5 Å². The molecule has 1 aliphatic rings. The first-order valence-electron chi connectivity index (χ1n) is 9.62. The van der Waals surface area contributed by atoms with E-state index in [0.29, 0.717) is 26.8 Å². The SMILES string of the molecule is O=C1C(=O)N(c2nc3ccc(Cl)cc3s2)C(c2ccc(Br)cc2)/C1=C(\O)c1ccccc1. The minimum Gasteiger partial charge on any atom is -0.507 e. The zero-order valence-electron chi connectivity index (χ0n) is 16.3. The van der Waals surface area contributed by atoms with E-state index < -0.39 is 17.7 Å². The molecule has 1 amide bonds. The van der Waals surface area contributed by atoms with Crippen molar-refractivity contribution in [3.8, 4) is 0 Å². The van der Waals surface area contributed by atoms with Crippen LogP contribution in [0.15, 0.2) is 82.8 Å². The van der Waals surface area contributed by atoms with Crippen molar-refractivity contribution in [2.24, 2.45) is 0 Å². The molecule has 0 saturated carbocycles. The van der Waals surface area contributed by atoms with Gasteiger partial charge in [-0.15, -0.1) is 0 Å². The third-order valence-corrected chi connectivity index (χ3v) is 7.00. The number of benzene rings is 3. The summed E-state index contributed by atoms with van der Waals surface area (Å²) in [6.45, 7) is 0. The molecule has 0 aliphatic carbocycles. The number of aliphatic hydroxyl groups is 1. The molecule has 3 aromatic carbocycles. The van der Waals surface area contributed by atoms with Crippen molar-refractivity contribution in [3.63, 3.8) is 0 Å². The Bertz CT molecular complexity index is 1400. The molecule has 1 fully saturated rings. The van der Waals surface area contributed by atoms with Crippen molar-refractivity contribution in [1.82, 2.24) is 4.98 Å². The molecule has 1 aromatic heterocycles. The number of Topliss-reactive ketones (excluding diaryl/α,β-unsaturated/α-hetero) is 1. The number of aliphatic hydroxyl groups excluding tert-OH is 1. The average molecular weight is 526 g/mol. The van der Waals surface area contributed by atoms with Crippen molar-refractivity contribution < 1.29 is 14.7 Å². The van der Waals surface area contributed by atoms with E-state index in [4.69, 9.17) is 11.6 Å². The fraction of sp³-hybridized carbons (Fsp3) is 0.0417. The van der Waals surface area contributed by atoms with Gasteiger partial charge in [0.25, 0.3) is 5.78 Å². The number of aromatic nitrogens is 1. The molecule has 5 nitrogen and oxygen atoms in total. The molecule has 8 heteroatoms. The van der Waals surface area contributed by atoms with E-state index in [-0.39, 0.29) is 11.3 Å². The molecule has 1 saturated heterocycles. The zero-order valence-corrected chi connectivity index (χ0v) is 19.5. The third kappa shape index (κ3) is 3.52. The maximum atomic E-state index is 13.2. The summed E-state index contributed by atoms with van der Waals surface area (Å²) in [5, 5.41) is 12.0. The Morgan fingerprint density at radius 3 is 2.47 bits per heavy atom. The summed E-state index contributed by atoms with van der Waals surface area (Å²) >= 11 is 10.8. The highest BCUT2D eigenvalue weighted by atomic mass is 79.9. The maximum Gasteiger partial charge on any atom is 0.301 e. The van der Waals surface area contributed by atoms with Crippen LogP contribution in [0.2, 0.25) is 5.02 Å². The maximum absolute atomic E-state index is 13.2. The number of amides is 1. The summed E-state index contributed by atoms with van der Waals surface area (Å²) in [5.41, 5.74) is 1.85. The minimum absolute atomic E-state index is 0.0285. The third-order valence-electron chi connectivity index (χ3n) is 5.22. The molecule has 158 valence electrons. The van der Waals surface area contributed by atoms with Gasteiger partial charge in [-0.1, -0.05) is 81.3 Å². The van der Waals surface area contributed by atoms with Gasteiger partial charge in [-0.2, -0.15) is 0 Å². The molecule has 0 bridgehead atoms. The summed E-state index contributed by atoms with van der Waals surface area (Å²) in [7, 11) is 0. The second-order valence-corrected chi connectivity index (χ2v) is 9.56. The van der Waals surface area contributed by atoms with Gasteiger partial charge >= 0.3 is 5.91 Å². The van der Waals surface area contributed by atoms with Gasteiger partial charge in [-0.05, 0) is 35.9 Å². The highest BCUT2D eigenvalue weighted by Crippen LogP contribution is 2.44. The van der Waals surface area contributed by atoms with Gasteiger partial charge in [-0.3, -0.25) is 14.5 Å². The standard InChI is InChI=1S/C24H14BrClN2O3S/c25-15-8-6-13(7-9-15)20-19(21(29)14-4-2-1-3-5-14)22(30)23(31)28(20)24-27-17-11-10-16(26)12-18(17)32-24/h1-12,20,29H/b21-19+. The second kappa shape index (κ2) is 8.16. The van der Waals surface area contributed by atoms with Crippen LogP contribution in [0.25, 0.3) is 16.0 Å². The molecular weight excluding hydrogens is 512 g/mol. The smallest absolute Gasteiger partial charge is 0.301 e. The van der Waals surface area contributed by atoms with Crippen LogP contribution in [0.4, 0.5) is 5.13 Å². The van der Waals surface area contributed by atoms with E-state index >= 15 is 0 Å². The van der Waals surface area contributed by atoms with Crippen molar-refractivity contribution in [3.05, 3.63) is 99.0 Å². The summed E-state index contributed by atoms with van der Waals surface area (Å²) in [4.78, 5) is 32.3. The number of nitrogens with zero attached hydrogens (tertiary/aromatic N) is 2. The minimum atomic E-state index is -0.820. The normalized spacial score (nSPS) is 17.9. The molecule has 32 heavy (non-hydrogen) atoms. The van der Waals surface area contributed by atoms with Crippen molar-refractivity contribution in [1.29, 1.82) is 0 Å². The quantitative estimate of drug-likeness (QED) is 0.192. The number of ketones is 1. The van der Waals surface area contributed by atoms with Crippen LogP contribution in [0.5, 0.6) is 0 Å². The first-order chi connectivity index (χ1) is 15.4. The van der Waals surface area contributed by atoms with E-state index in [2.05, 4.69) is 20.9 Å². The van der Waals surface area contributed by atoms with Crippen LogP contribution in [-0.4, -0.2) is 21.8 Å². The van der Waals surface area contributed by atoms with Crippen LogP contribution in [0.3, 0.4) is 0 Å². The molecule has 0 radical (unpaired) electrons. The number of rotatable bonds is 3. The van der Waals surface area contributed by atoms with Gasteiger partial charge in [0.15, 0.2) is 5.13 Å². The van der Waals surface area contributed by atoms with Crippen LogP contribution in [0, 0.1) is 0 Å². The fourth-order valence-electron chi connectivity index (χ4n) is 3.73. The Hall–Kier alpha value is -3.00. The Labute approximate surface area is 200 Å². The van der Waals surface area contributed by atoms with Gasteiger partial charge in [-0.25, -0.2) is 4.98 Å². The molecule has 2 heterocycles. The number of hydrogen-bond acceptors (Lipinski definition) is 5. The van der Waals surface area contributed by atoms with E-state index in [1.807, 2.05) is 30.3 Å². The molecule has 1 unspecified atom stereocenters. The Kier molecular flexibility index (Phi) is 5.33. The molecule has 0 spiro atoms. The van der Waals surface area contributed by atoms with Gasteiger partial charge < -0.3 is 5.11 Å².